The summed E-state index contributed by atoms with van der Waals surface area (Å²) in [4.78, 5) is 16.6. The Morgan fingerprint density at radius 1 is 1.00 bits per heavy atom. The summed E-state index contributed by atoms with van der Waals surface area (Å²) >= 11 is 11.9. The molecule has 1 amide bonds. The Bertz CT molecular complexity index is 1000. The molecule has 0 aromatic heterocycles. The van der Waals surface area contributed by atoms with Gasteiger partial charge in [0.25, 0.3) is 5.91 Å². The Morgan fingerprint density at radius 2 is 1.67 bits per heavy atom. The van der Waals surface area contributed by atoms with Crippen molar-refractivity contribution in [3.05, 3.63) is 87.7 Å². The van der Waals surface area contributed by atoms with E-state index in [0.717, 1.165) is 0 Å². The van der Waals surface area contributed by atoms with Crippen LogP contribution in [0.25, 0.3) is 0 Å². The molecule has 7 heteroatoms. The fourth-order valence-electron chi connectivity index (χ4n) is 2.29. The highest BCUT2D eigenvalue weighted by Crippen LogP contribution is 2.28. The smallest absolute Gasteiger partial charge is 0.259 e. The highest BCUT2D eigenvalue weighted by atomic mass is 35.5. The topological polar surface area (TPSA) is 61.7 Å². The number of benzene rings is 3. The van der Waals surface area contributed by atoms with Gasteiger partial charge < -0.3 is 10.4 Å². The van der Waals surface area contributed by atoms with Crippen LogP contribution >= 0.6 is 23.2 Å². The van der Waals surface area contributed by atoms with Gasteiger partial charge in [-0.2, -0.15) is 0 Å². The molecule has 0 spiro atoms. The van der Waals surface area contributed by atoms with Crippen molar-refractivity contribution in [2.24, 2.45) is 4.99 Å². The molecule has 2 N–H and O–H groups in total. The molecule has 4 nitrogen and oxygen atoms in total. The minimum atomic E-state index is -0.534. The molecule has 0 bridgehead atoms. The summed E-state index contributed by atoms with van der Waals surface area (Å²) in [6.45, 7) is 0. The molecule has 3 rings (SSSR count). The van der Waals surface area contributed by atoms with Gasteiger partial charge in [0.1, 0.15) is 11.6 Å². The Kier molecular flexibility index (Phi) is 5.74. The molecule has 0 atom stereocenters. The molecule has 3 aromatic rings. The summed E-state index contributed by atoms with van der Waals surface area (Å²) in [5, 5.41) is 13.9. The number of nitrogens with one attached hydrogen (secondary N) is 1. The van der Waals surface area contributed by atoms with Crippen molar-refractivity contribution in [3.8, 4) is 5.75 Å². The van der Waals surface area contributed by atoms with Crippen molar-refractivity contribution < 1.29 is 14.3 Å². The predicted molar refractivity (Wildman–Crippen MR) is 106 cm³/mol. The van der Waals surface area contributed by atoms with Gasteiger partial charge in [0.15, 0.2) is 0 Å². The van der Waals surface area contributed by atoms with Crippen molar-refractivity contribution in [2.75, 3.05) is 5.32 Å². The maximum atomic E-state index is 12.9. The number of aliphatic imine (C=N–C) groups is 1. The standard InChI is InChI=1S/C20H13Cl2FN2O2/c21-13-1-5-17(6-2-13)25-20(27)18-10-14(22)9-12(19(18)26)11-24-16-7-3-15(23)4-8-16/h1-11,26H,(H,25,27). The van der Waals surface area contributed by atoms with Crippen LogP contribution < -0.4 is 5.32 Å². The van der Waals surface area contributed by atoms with Gasteiger partial charge in [-0.05, 0) is 60.7 Å². The van der Waals surface area contributed by atoms with E-state index in [9.17, 15) is 14.3 Å². The third-order valence-electron chi connectivity index (χ3n) is 3.63. The van der Waals surface area contributed by atoms with E-state index in [1.54, 1.807) is 24.3 Å². The van der Waals surface area contributed by atoms with Crippen LogP contribution in [0.3, 0.4) is 0 Å². The predicted octanol–water partition coefficient (Wildman–Crippen LogP) is 5.84. The minimum Gasteiger partial charge on any atom is -0.506 e. The highest BCUT2D eigenvalue weighted by Gasteiger charge is 2.16. The second kappa shape index (κ2) is 8.20. The molecule has 27 heavy (non-hydrogen) atoms. The molecule has 0 saturated carbocycles. The van der Waals surface area contributed by atoms with Crippen molar-refractivity contribution in [1.82, 2.24) is 0 Å². The fourth-order valence-corrected chi connectivity index (χ4v) is 2.65. The van der Waals surface area contributed by atoms with Gasteiger partial charge in [-0.25, -0.2) is 4.39 Å². The number of phenols is 1. The number of halogens is 3. The average Bonchev–Trinajstić information content (AvgIpc) is 2.65. The van der Waals surface area contributed by atoms with E-state index < -0.39 is 5.91 Å². The van der Waals surface area contributed by atoms with Gasteiger partial charge in [0, 0.05) is 27.5 Å². The summed E-state index contributed by atoms with van der Waals surface area (Å²) in [6.07, 6.45) is 1.35. The molecule has 0 aliphatic carbocycles. The van der Waals surface area contributed by atoms with E-state index in [1.807, 2.05) is 0 Å². The summed E-state index contributed by atoms with van der Waals surface area (Å²) in [7, 11) is 0. The molecular formula is C20H13Cl2FN2O2. The number of carbonyl (C=O) groups excluding carboxylic acids is 1. The molecule has 0 aliphatic heterocycles. The van der Waals surface area contributed by atoms with E-state index in [2.05, 4.69) is 10.3 Å². The van der Waals surface area contributed by atoms with Crippen LogP contribution in [0.15, 0.2) is 65.7 Å². The van der Waals surface area contributed by atoms with Gasteiger partial charge in [0.2, 0.25) is 0 Å². The van der Waals surface area contributed by atoms with Crippen LogP contribution in [0, 0.1) is 5.82 Å². The quantitative estimate of drug-likeness (QED) is 0.538. The molecule has 0 heterocycles. The SMILES string of the molecule is O=C(Nc1ccc(Cl)cc1)c1cc(Cl)cc(C=Nc2ccc(F)cc2)c1O. The third-order valence-corrected chi connectivity index (χ3v) is 4.10. The lowest BCUT2D eigenvalue weighted by Gasteiger charge is -2.09. The average molecular weight is 403 g/mol. The number of anilines is 1. The van der Waals surface area contributed by atoms with Gasteiger partial charge in [0.05, 0.1) is 11.3 Å². The normalized spacial score (nSPS) is 10.9. The molecule has 0 aliphatic rings. The zero-order valence-corrected chi connectivity index (χ0v) is 15.3. The summed E-state index contributed by atoms with van der Waals surface area (Å²) < 4.78 is 12.9. The lowest BCUT2D eigenvalue weighted by Crippen LogP contribution is -2.12. The van der Waals surface area contributed by atoms with Gasteiger partial charge in [-0.15, -0.1) is 0 Å². The number of phenolic OH excluding ortho intramolecular Hbond substituents is 1. The van der Waals surface area contributed by atoms with Crippen molar-refractivity contribution in [1.29, 1.82) is 0 Å². The first kappa shape index (κ1) is 18.9. The maximum Gasteiger partial charge on any atom is 0.259 e. The van der Waals surface area contributed by atoms with Crippen molar-refractivity contribution in [3.63, 3.8) is 0 Å². The fraction of sp³-hybridized carbons (Fsp3) is 0. The second-order valence-corrected chi connectivity index (χ2v) is 6.46. The summed E-state index contributed by atoms with van der Waals surface area (Å²) in [5.41, 5.74) is 1.26. The van der Waals surface area contributed by atoms with Crippen LogP contribution in [0.5, 0.6) is 5.75 Å². The Hall–Kier alpha value is -2.89. The Labute approximate surface area is 164 Å². The van der Waals surface area contributed by atoms with Crippen LogP contribution in [-0.4, -0.2) is 17.2 Å². The van der Waals surface area contributed by atoms with E-state index in [-0.39, 0.29) is 27.7 Å². The monoisotopic (exact) mass is 402 g/mol. The molecule has 0 fully saturated rings. The molecule has 136 valence electrons. The van der Waals surface area contributed by atoms with Crippen molar-refractivity contribution >= 4 is 46.7 Å². The summed E-state index contributed by atoms with van der Waals surface area (Å²) in [6, 6.07) is 14.9. The van der Waals surface area contributed by atoms with Gasteiger partial charge in [-0.3, -0.25) is 9.79 Å². The minimum absolute atomic E-state index is 0.00185. The van der Waals surface area contributed by atoms with Crippen LogP contribution in [-0.2, 0) is 0 Å². The first-order valence-corrected chi connectivity index (χ1v) is 8.57. The van der Waals surface area contributed by atoms with Crippen LogP contribution in [0.4, 0.5) is 15.8 Å². The van der Waals surface area contributed by atoms with E-state index in [1.165, 1.54) is 42.6 Å². The van der Waals surface area contributed by atoms with E-state index >= 15 is 0 Å². The third kappa shape index (κ3) is 4.84. The molecular weight excluding hydrogens is 390 g/mol. The number of amides is 1. The number of carbonyl (C=O) groups is 1. The van der Waals surface area contributed by atoms with Gasteiger partial charge >= 0.3 is 0 Å². The van der Waals surface area contributed by atoms with Crippen molar-refractivity contribution in [2.45, 2.75) is 0 Å². The van der Waals surface area contributed by atoms with E-state index in [4.69, 9.17) is 23.2 Å². The number of nitrogens with zero attached hydrogens (tertiary/aromatic N) is 1. The molecule has 0 radical (unpaired) electrons. The Balaban J connectivity index is 1.87. The zero-order valence-electron chi connectivity index (χ0n) is 13.8. The van der Waals surface area contributed by atoms with Gasteiger partial charge in [-0.1, -0.05) is 23.2 Å². The number of rotatable bonds is 4. The lowest BCUT2D eigenvalue weighted by atomic mass is 10.1. The molecule has 0 saturated heterocycles. The largest absolute Gasteiger partial charge is 0.506 e. The second-order valence-electron chi connectivity index (χ2n) is 5.59. The molecule has 0 unspecified atom stereocenters. The Morgan fingerprint density at radius 3 is 2.33 bits per heavy atom. The maximum absolute atomic E-state index is 12.9. The number of hydrogen-bond donors (Lipinski definition) is 2. The molecule has 3 aromatic carbocycles. The first-order valence-electron chi connectivity index (χ1n) is 7.81. The summed E-state index contributed by atoms with van der Waals surface area (Å²) in [5.74, 6) is -1.17. The lowest BCUT2D eigenvalue weighted by molar-refractivity contribution is 0.102. The first-order chi connectivity index (χ1) is 12.9. The van der Waals surface area contributed by atoms with Crippen LogP contribution in [0.1, 0.15) is 15.9 Å². The van der Waals surface area contributed by atoms with E-state index in [0.29, 0.717) is 16.4 Å². The number of aromatic hydroxyl groups is 1. The van der Waals surface area contributed by atoms with Crippen LogP contribution in [0.2, 0.25) is 10.0 Å². The number of hydrogen-bond acceptors (Lipinski definition) is 3. The highest BCUT2D eigenvalue weighted by molar-refractivity contribution is 6.31. The zero-order chi connectivity index (χ0) is 19.4.